The minimum absolute atomic E-state index is 0.224. The van der Waals surface area contributed by atoms with Crippen LogP contribution >= 0.6 is 0 Å². The summed E-state index contributed by atoms with van der Waals surface area (Å²) in [6.07, 6.45) is 3.03. The maximum absolute atomic E-state index is 10.8. The van der Waals surface area contributed by atoms with Gasteiger partial charge in [-0.15, -0.1) is 5.73 Å². The number of aromatic nitrogens is 2. The lowest BCUT2D eigenvalue weighted by molar-refractivity contribution is -0.116. The lowest BCUT2D eigenvalue weighted by Crippen LogP contribution is -2.23. The van der Waals surface area contributed by atoms with Gasteiger partial charge in [0.2, 0.25) is 6.39 Å². The molecule has 0 saturated carbocycles. The predicted molar refractivity (Wildman–Crippen MR) is 44.7 cm³/mol. The van der Waals surface area contributed by atoms with Crippen LogP contribution in [0.25, 0.3) is 0 Å². The summed E-state index contributed by atoms with van der Waals surface area (Å²) in [5, 5.41) is 6.19. The Morgan fingerprint density at radius 1 is 1.85 bits per heavy atom. The fraction of sp³-hybridized carbons (Fsp3) is 0.250. The molecule has 0 aliphatic carbocycles. The maximum Gasteiger partial charge on any atom is 0.251 e. The van der Waals surface area contributed by atoms with Crippen molar-refractivity contribution in [3.63, 3.8) is 0 Å². The van der Waals surface area contributed by atoms with E-state index in [2.05, 4.69) is 32.3 Å². The summed E-state index contributed by atoms with van der Waals surface area (Å²) >= 11 is 0. The van der Waals surface area contributed by atoms with Crippen molar-refractivity contribution in [3.8, 4) is 0 Å². The van der Waals surface area contributed by atoms with Gasteiger partial charge < -0.3 is 9.84 Å². The second kappa shape index (κ2) is 4.90. The fourth-order valence-electron chi connectivity index (χ4n) is 0.744. The maximum atomic E-state index is 10.8. The normalized spacial score (nSPS) is 8.92. The first-order valence-electron chi connectivity index (χ1n) is 3.72. The van der Waals surface area contributed by atoms with Gasteiger partial charge in [0.1, 0.15) is 0 Å². The molecule has 5 nitrogen and oxygen atoms in total. The fourth-order valence-corrected chi connectivity index (χ4v) is 0.744. The Balaban J connectivity index is 2.21. The summed E-state index contributed by atoms with van der Waals surface area (Å²) in [7, 11) is 0. The highest BCUT2D eigenvalue weighted by molar-refractivity contribution is 5.87. The first-order chi connectivity index (χ1) is 6.33. The number of hydrogen-bond donors (Lipinski definition) is 1. The van der Waals surface area contributed by atoms with Crippen LogP contribution in [-0.2, 0) is 11.2 Å². The highest BCUT2D eigenvalue weighted by atomic mass is 16.5. The SMILES string of the molecule is C=C=CC(=O)NCCc1ncon1. The van der Waals surface area contributed by atoms with Gasteiger partial charge in [-0.25, -0.2) is 0 Å². The van der Waals surface area contributed by atoms with Gasteiger partial charge in [-0.3, -0.25) is 4.79 Å². The molecule has 0 saturated heterocycles. The summed E-state index contributed by atoms with van der Waals surface area (Å²) in [5.74, 6) is 0.348. The van der Waals surface area contributed by atoms with Gasteiger partial charge in [-0.2, -0.15) is 4.98 Å². The molecule has 1 amide bonds. The van der Waals surface area contributed by atoms with Crippen molar-refractivity contribution in [2.45, 2.75) is 6.42 Å². The summed E-state index contributed by atoms with van der Waals surface area (Å²) in [6.45, 7) is 3.75. The van der Waals surface area contributed by atoms with Crippen LogP contribution in [0.4, 0.5) is 0 Å². The molecule has 1 aromatic rings. The lowest BCUT2D eigenvalue weighted by atomic mass is 10.4. The zero-order valence-electron chi connectivity index (χ0n) is 6.99. The lowest BCUT2D eigenvalue weighted by Gasteiger charge is -1.96. The molecule has 0 spiro atoms. The summed E-state index contributed by atoms with van der Waals surface area (Å²) in [5.41, 5.74) is 2.37. The molecule has 68 valence electrons. The highest BCUT2D eigenvalue weighted by Crippen LogP contribution is 1.87. The molecule has 0 unspecified atom stereocenters. The summed E-state index contributed by atoms with van der Waals surface area (Å²) in [4.78, 5) is 14.6. The molecule has 0 bridgehead atoms. The monoisotopic (exact) mass is 179 g/mol. The number of rotatable bonds is 4. The Bertz CT molecular complexity index is 312. The molecule has 0 radical (unpaired) electrons. The van der Waals surface area contributed by atoms with Crippen LogP contribution in [0.1, 0.15) is 5.82 Å². The number of hydrogen-bond acceptors (Lipinski definition) is 4. The van der Waals surface area contributed by atoms with Crippen molar-refractivity contribution in [2.24, 2.45) is 0 Å². The molecule has 0 aromatic carbocycles. The molecule has 1 aromatic heterocycles. The Kier molecular flexibility index (Phi) is 3.47. The zero-order chi connectivity index (χ0) is 9.52. The van der Waals surface area contributed by atoms with Crippen molar-refractivity contribution in [3.05, 3.63) is 30.6 Å². The van der Waals surface area contributed by atoms with Crippen molar-refractivity contribution in [1.82, 2.24) is 15.5 Å². The Labute approximate surface area is 75.1 Å². The second-order valence-electron chi connectivity index (χ2n) is 2.24. The number of nitrogens with zero attached hydrogens (tertiary/aromatic N) is 2. The van der Waals surface area contributed by atoms with E-state index < -0.39 is 0 Å². The van der Waals surface area contributed by atoms with Gasteiger partial charge in [0.15, 0.2) is 5.82 Å². The minimum Gasteiger partial charge on any atom is -0.352 e. The van der Waals surface area contributed by atoms with E-state index in [1.165, 1.54) is 12.5 Å². The van der Waals surface area contributed by atoms with Gasteiger partial charge >= 0.3 is 0 Å². The van der Waals surface area contributed by atoms with E-state index in [4.69, 9.17) is 0 Å². The van der Waals surface area contributed by atoms with Crippen LogP contribution < -0.4 is 5.32 Å². The summed E-state index contributed by atoms with van der Waals surface area (Å²) < 4.78 is 4.52. The third-order valence-corrected chi connectivity index (χ3v) is 1.29. The molecule has 1 heterocycles. The topological polar surface area (TPSA) is 68.0 Å². The van der Waals surface area contributed by atoms with E-state index in [1.807, 2.05) is 0 Å². The first kappa shape index (κ1) is 9.22. The average Bonchev–Trinajstić information content (AvgIpc) is 2.57. The van der Waals surface area contributed by atoms with Crippen molar-refractivity contribution >= 4 is 5.91 Å². The van der Waals surface area contributed by atoms with Gasteiger partial charge in [0.25, 0.3) is 5.91 Å². The van der Waals surface area contributed by atoms with E-state index in [0.717, 1.165) is 0 Å². The molecule has 1 rings (SSSR count). The van der Waals surface area contributed by atoms with Crippen LogP contribution in [0.5, 0.6) is 0 Å². The van der Waals surface area contributed by atoms with E-state index in [0.29, 0.717) is 18.8 Å². The Morgan fingerprint density at radius 3 is 3.31 bits per heavy atom. The number of carbonyl (C=O) groups excluding carboxylic acids is 1. The van der Waals surface area contributed by atoms with Gasteiger partial charge in [0, 0.05) is 19.0 Å². The van der Waals surface area contributed by atoms with Crippen LogP contribution in [0.3, 0.4) is 0 Å². The number of nitrogens with one attached hydrogen (secondary N) is 1. The second-order valence-corrected chi connectivity index (χ2v) is 2.24. The molecular formula is C8H9N3O2. The standard InChI is InChI=1S/C8H9N3O2/c1-2-3-8(12)9-5-4-7-10-6-13-11-7/h3,6H,1,4-5H2,(H,9,12). The van der Waals surface area contributed by atoms with Crippen molar-refractivity contribution in [2.75, 3.05) is 6.54 Å². The van der Waals surface area contributed by atoms with E-state index in [-0.39, 0.29) is 5.91 Å². The molecule has 0 aliphatic rings. The molecular weight excluding hydrogens is 170 g/mol. The predicted octanol–water partition coefficient (Wildman–Crippen LogP) is 0.0694. The molecule has 13 heavy (non-hydrogen) atoms. The van der Waals surface area contributed by atoms with Crippen LogP contribution in [0.2, 0.25) is 0 Å². The zero-order valence-corrected chi connectivity index (χ0v) is 6.99. The number of amides is 1. The summed E-state index contributed by atoms with van der Waals surface area (Å²) in [6, 6.07) is 0. The molecule has 1 N–H and O–H groups in total. The largest absolute Gasteiger partial charge is 0.352 e. The Hall–Kier alpha value is -1.87. The van der Waals surface area contributed by atoms with Gasteiger partial charge in [0.05, 0.1) is 0 Å². The highest BCUT2D eigenvalue weighted by Gasteiger charge is 1.98. The third-order valence-electron chi connectivity index (χ3n) is 1.29. The van der Waals surface area contributed by atoms with Crippen molar-refractivity contribution < 1.29 is 9.32 Å². The van der Waals surface area contributed by atoms with Crippen LogP contribution in [0, 0.1) is 0 Å². The van der Waals surface area contributed by atoms with E-state index >= 15 is 0 Å². The van der Waals surface area contributed by atoms with Gasteiger partial charge in [-0.05, 0) is 0 Å². The molecule has 5 heteroatoms. The van der Waals surface area contributed by atoms with Crippen LogP contribution in [0.15, 0.2) is 29.3 Å². The molecule has 0 atom stereocenters. The van der Waals surface area contributed by atoms with Crippen molar-refractivity contribution in [1.29, 1.82) is 0 Å². The Morgan fingerprint density at radius 2 is 2.69 bits per heavy atom. The first-order valence-corrected chi connectivity index (χ1v) is 3.72. The van der Waals surface area contributed by atoms with Gasteiger partial charge in [-0.1, -0.05) is 11.7 Å². The quantitative estimate of drug-likeness (QED) is 0.524. The van der Waals surface area contributed by atoms with Crippen LogP contribution in [-0.4, -0.2) is 22.6 Å². The average molecular weight is 179 g/mol. The molecule has 0 fully saturated rings. The number of carbonyl (C=O) groups is 1. The molecule has 0 aliphatic heterocycles. The third kappa shape index (κ3) is 3.35. The minimum atomic E-state index is -0.224. The van der Waals surface area contributed by atoms with E-state index in [9.17, 15) is 4.79 Å². The smallest absolute Gasteiger partial charge is 0.251 e. The van der Waals surface area contributed by atoms with E-state index in [1.54, 1.807) is 0 Å².